The Kier molecular flexibility index (Phi) is 4.52. The number of amides is 1. The van der Waals surface area contributed by atoms with Crippen molar-refractivity contribution in [2.75, 3.05) is 6.54 Å². The van der Waals surface area contributed by atoms with Crippen molar-refractivity contribution >= 4 is 6.09 Å². The third kappa shape index (κ3) is 4.11. The molecule has 0 bridgehead atoms. The SMILES string of the molecule is O=C(NCC(O)c1cnc[nH]1)OCc1ccccc1. The average molecular weight is 261 g/mol. The molecule has 0 aliphatic rings. The summed E-state index contributed by atoms with van der Waals surface area (Å²) in [7, 11) is 0. The van der Waals surface area contributed by atoms with Gasteiger partial charge in [-0.3, -0.25) is 0 Å². The Morgan fingerprint density at radius 2 is 2.21 bits per heavy atom. The van der Waals surface area contributed by atoms with E-state index in [9.17, 15) is 9.90 Å². The summed E-state index contributed by atoms with van der Waals surface area (Å²) in [5.74, 6) is 0. The monoisotopic (exact) mass is 261 g/mol. The highest BCUT2D eigenvalue weighted by Gasteiger charge is 2.10. The Morgan fingerprint density at radius 3 is 2.89 bits per heavy atom. The summed E-state index contributed by atoms with van der Waals surface area (Å²) in [5.41, 5.74) is 1.45. The number of aliphatic hydroxyl groups excluding tert-OH is 1. The number of imidazole rings is 1. The maximum Gasteiger partial charge on any atom is 0.407 e. The molecule has 2 rings (SSSR count). The maximum absolute atomic E-state index is 11.4. The lowest BCUT2D eigenvalue weighted by atomic mass is 10.2. The van der Waals surface area contributed by atoms with Gasteiger partial charge in [0.1, 0.15) is 12.7 Å². The molecule has 0 aliphatic carbocycles. The number of rotatable bonds is 5. The van der Waals surface area contributed by atoms with E-state index in [2.05, 4.69) is 15.3 Å². The summed E-state index contributed by atoms with van der Waals surface area (Å²) in [6.07, 6.45) is 1.57. The number of nitrogens with zero attached hydrogens (tertiary/aromatic N) is 1. The fraction of sp³-hybridized carbons (Fsp3) is 0.231. The quantitative estimate of drug-likeness (QED) is 0.758. The van der Waals surface area contributed by atoms with Crippen molar-refractivity contribution in [2.45, 2.75) is 12.7 Å². The van der Waals surface area contributed by atoms with Crippen molar-refractivity contribution in [1.82, 2.24) is 15.3 Å². The second-order valence-corrected chi connectivity index (χ2v) is 3.97. The second kappa shape index (κ2) is 6.55. The number of nitrogens with one attached hydrogen (secondary N) is 2. The molecule has 19 heavy (non-hydrogen) atoms. The van der Waals surface area contributed by atoms with Crippen molar-refractivity contribution in [3.05, 3.63) is 54.1 Å². The minimum Gasteiger partial charge on any atom is -0.445 e. The Morgan fingerprint density at radius 1 is 1.42 bits per heavy atom. The Bertz CT molecular complexity index is 499. The van der Waals surface area contributed by atoms with E-state index in [0.29, 0.717) is 5.69 Å². The summed E-state index contributed by atoms with van der Waals surface area (Å²) in [4.78, 5) is 18.0. The molecule has 6 nitrogen and oxygen atoms in total. The summed E-state index contributed by atoms with van der Waals surface area (Å²) < 4.78 is 5.01. The highest BCUT2D eigenvalue weighted by Crippen LogP contribution is 2.06. The van der Waals surface area contributed by atoms with Gasteiger partial charge in [-0.1, -0.05) is 30.3 Å². The first-order valence-electron chi connectivity index (χ1n) is 5.86. The molecule has 1 atom stereocenters. The van der Waals surface area contributed by atoms with Crippen molar-refractivity contribution in [2.24, 2.45) is 0 Å². The number of alkyl carbamates (subject to hydrolysis) is 1. The van der Waals surface area contributed by atoms with Gasteiger partial charge in [0.25, 0.3) is 0 Å². The van der Waals surface area contributed by atoms with Crippen molar-refractivity contribution < 1.29 is 14.6 Å². The van der Waals surface area contributed by atoms with Gasteiger partial charge in [-0.25, -0.2) is 9.78 Å². The highest BCUT2D eigenvalue weighted by molar-refractivity contribution is 5.67. The first-order chi connectivity index (χ1) is 9.25. The first-order valence-corrected chi connectivity index (χ1v) is 5.86. The third-order valence-electron chi connectivity index (χ3n) is 2.53. The molecular formula is C13H15N3O3. The molecule has 0 radical (unpaired) electrons. The molecule has 0 aliphatic heterocycles. The average Bonchev–Trinajstić information content (AvgIpc) is 2.98. The zero-order valence-electron chi connectivity index (χ0n) is 10.2. The van der Waals surface area contributed by atoms with Gasteiger partial charge < -0.3 is 20.1 Å². The normalized spacial score (nSPS) is 11.8. The molecule has 2 aromatic rings. The number of carbonyl (C=O) groups excluding carboxylic acids is 1. The van der Waals surface area contributed by atoms with Crippen molar-refractivity contribution in [3.63, 3.8) is 0 Å². The molecule has 0 spiro atoms. The van der Waals surface area contributed by atoms with E-state index in [0.717, 1.165) is 5.56 Å². The number of aliphatic hydroxyl groups is 1. The van der Waals surface area contributed by atoms with E-state index in [1.807, 2.05) is 30.3 Å². The number of H-pyrrole nitrogens is 1. The van der Waals surface area contributed by atoms with Gasteiger partial charge in [-0.05, 0) is 5.56 Å². The van der Waals surface area contributed by atoms with Crippen LogP contribution in [0.15, 0.2) is 42.9 Å². The Hall–Kier alpha value is -2.34. The standard InChI is InChI=1S/C13H15N3O3/c17-12(11-6-14-9-16-11)7-15-13(18)19-8-10-4-2-1-3-5-10/h1-6,9,12,17H,7-8H2,(H,14,16)(H,15,18). The number of hydrogen-bond donors (Lipinski definition) is 3. The number of aromatic nitrogens is 2. The van der Waals surface area contributed by atoms with Gasteiger partial charge in [-0.15, -0.1) is 0 Å². The molecule has 6 heteroatoms. The molecule has 0 saturated carbocycles. The van der Waals surface area contributed by atoms with Crippen LogP contribution in [-0.4, -0.2) is 27.7 Å². The minimum absolute atomic E-state index is 0.0653. The number of hydrogen-bond acceptors (Lipinski definition) is 4. The van der Waals surface area contributed by atoms with Crippen LogP contribution < -0.4 is 5.32 Å². The van der Waals surface area contributed by atoms with Crippen LogP contribution in [0.2, 0.25) is 0 Å². The van der Waals surface area contributed by atoms with Gasteiger partial charge in [-0.2, -0.15) is 0 Å². The van der Waals surface area contributed by atoms with Crippen molar-refractivity contribution in [3.8, 4) is 0 Å². The van der Waals surface area contributed by atoms with E-state index in [1.165, 1.54) is 12.5 Å². The molecule has 1 heterocycles. The van der Waals surface area contributed by atoms with Gasteiger partial charge in [0.2, 0.25) is 0 Å². The fourth-order valence-corrected chi connectivity index (χ4v) is 1.51. The summed E-state index contributed by atoms with van der Waals surface area (Å²) in [6, 6.07) is 9.38. The predicted molar refractivity (Wildman–Crippen MR) is 68.2 cm³/mol. The number of benzene rings is 1. The second-order valence-electron chi connectivity index (χ2n) is 3.97. The largest absolute Gasteiger partial charge is 0.445 e. The molecule has 1 unspecified atom stereocenters. The lowest BCUT2D eigenvalue weighted by Crippen LogP contribution is -2.29. The lowest BCUT2D eigenvalue weighted by molar-refractivity contribution is 0.125. The van der Waals surface area contributed by atoms with Gasteiger partial charge in [0, 0.05) is 0 Å². The molecule has 0 fully saturated rings. The zero-order valence-corrected chi connectivity index (χ0v) is 10.2. The van der Waals surface area contributed by atoms with Gasteiger partial charge in [0.05, 0.1) is 24.8 Å². The van der Waals surface area contributed by atoms with Crippen LogP contribution in [0.25, 0.3) is 0 Å². The van der Waals surface area contributed by atoms with Crippen LogP contribution >= 0.6 is 0 Å². The molecule has 1 aromatic carbocycles. The predicted octanol–water partition coefficient (Wildman–Crippen LogP) is 1.37. The summed E-state index contributed by atoms with van der Waals surface area (Å²) in [6.45, 7) is 0.267. The number of ether oxygens (including phenoxy) is 1. The van der Waals surface area contributed by atoms with Crippen LogP contribution in [0.3, 0.4) is 0 Å². The molecule has 1 amide bonds. The summed E-state index contributed by atoms with van der Waals surface area (Å²) >= 11 is 0. The van der Waals surface area contributed by atoms with Gasteiger partial charge >= 0.3 is 6.09 Å². The van der Waals surface area contributed by atoms with E-state index in [4.69, 9.17) is 4.74 Å². The van der Waals surface area contributed by atoms with E-state index < -0.39 is 12.2 Å². The topological polar surface area (TPSA) is 87.2 Å². The molecule has 0 saturated heterocycles. The van der Waals surface area contributed by atoms with Crippen LogP contribution in [-0.2, 0) is 11.3 Å². The first kappa shape index (κ1) is 13.1. The van der Waals surface area contributed by atoms with Crippen LogP contribution in [0.5, 0.6) is 0 Å². The Balaban J connectivity index is 1.70. The minimum atomic E-state index is -0.827. The maximum atomic E-state index is 11.4. The smallest absolute Gasteiger partial charge is 0.407 e. The molecular weight excluding hydrogens is 246 g/mol. The van der Waals surface area contributed by atoms with Crippen LogP contribution in [0.1, 0.15) is 17.4 Å². The number of aromatic amines is 1. The fourth-order valence-electron chi connectivity index (χ4n) is 1.51. The highest BCUT2D eigenvalue weighted by atomic mass is 16.5. The van der Waals surface area contributed by atoms with E-state index >= 15 is 0 Å². The molecule has 100 valence electrons. The third-order valence-corrected chi connectivity index (χ3v) is 2.53. The van der Waals surface area contributed by atoms with Crippen molar-refractivity contribution in [1.29, 1.82) is 0 Å². The lowest BCUT2D eigenvalue weighted by Gasteiger charge is -2.10. The van der Waals surface area contributed by atoms with Gasteiger partial charge in [0.15, 0.2) is 0 Å². The summed E-state index contributed by atoms with van der Waals surface area (Å²) in [5, 5.41) is 12.2. The Labute approximate surface area is 110 Å². The van der Waals surface area contributed by atoms with E-state index in [1.54, 1.807) is 0 Å². The van der Waals surface area contributed by atoms with Crippen LogP contribution in [0.4, 0.5) is 4.79 Å². The van der Waals surface area contributed by atoms with Crippen LogP contribution in [0, 0.1) is 0 Å². The molecule has 3 N–H and O–H groups in total. The van der Waals surface area contributed by atoms with E-state index in [-0.39, 0.29) is 13.2 Å². The number of carbonyl (C=O) groups is 1. The molecule has 1 aromatic heterocycles. The zero-order chi connectivity index (χ0) is 13.5.